The van der Waals surface area contributed by atoms with Gasteiger partial charge in [-0.15, -0.1) is 0 Å². The highest BCUT2D eigenvalue weighted by atomic mass is 32.2. The molecule has 0 radical (unpaired) electrons. The Labute approximate surface area is 130 Å². The van der Waals surface area contributed by atoms with Crippen molar-refractivity contribution < 1.29 is 17.9 Å². The van der Waals surface area contributed by atoms with Crippen LogP contribution >= 0.6 is 0 Å². The van der Waals surface area contributed by atoms with Crippen LogP contribution in [0.1, 0.15) is 24.0 Å². The van der Waals surface area contributed by atoms with Gasteiger partial charge < -0.3 is 4.74 Å². The fourth-order valence-electron chi connectivity index (χ4n) is 2.45. The van der Waals surface area contributed by atoms with Gasteiger partial charge in [-0.05, 0) is 18.9 Å². The van der Waals surface area contributed by atoms with Gasteiger partial charge in [0.05, 0.1) is 23.8 Å². The second kappa shape index (κ2) is 6.90. The number of hydrogen-bond acceptors (Lipinski definition) is 5. The summed E-state index contributed by atoms with van der Waals surface area (Å²) in [5, 5.41) is 8.98. The number of piperidine rings is 1. The quantitative estimate of drug-likeness (QED) is 0.779. The number of rotatable bonds is 4. The van der Waals surface area contributed by atoms with Crippen molar-refractivity contribution in [3.8, 4) is 6.07 Å². The summed E-state index contributed by atoms with van der Waals surface area (Å²) >= 11 is 0. The topological polar surface area (TPSA) is 87.5 Å². The Kier molecular flexibility index (Phi) is 5.16. The average Bonchev–Trinajstić information content (AvgIpc) is 2.52. The Morgan fingerprint density at radius 3 is 2.59 bits per heavy atom. The summed E-state index contributed by atoms with van der Waals surface area (Å²) in [5.74, 6) is -0.617. The maximum atomic E-state index is 12.1. The molecule has 0 aromatic heterocycles. The van der Waals surface area contributed by atoms with E-state index in [1.54, 1.807) is 24.3 Å². The van der Waals surface area contributed by atoms with Crippen LogP contribution in [0.15, 0.2) is 24.3 Å². The summed E-state index contributed by atoms with van der Waals surface area (Å²) in [4.78, 5) is 12.1. The summed E-state index contributed by atoms with van der Waals surface area (Å²) in [6, 6.07) is 9.02. The van der Waals surface area contributed by atoms with Crippen LogP contribution in [0, 0.1) is 17.2 Å². The van der Waals surface area contributed by atoms with E-state index in [0.29, 0.717) is 37.1 Å². The second-order valence-corrected chi connectivity index (χ2v) is 7.30. The van der Waals surface area contributed by atoms with Crippen LogP contribution in [0.2, 0.25) is 0 Å². The first kappa shape index (κ1) is 16.5. The first-order valence-electron chi connectivity index (χ1n) is 7.01. The number of sulfonamides is 1. The van der Waals surface area contributed by atoms with Crippen LogP contribution in [0.4, 0.5) is 0 Å². The van der Waals surface area contributed by atoms with Crippen molar-refractivity contribution in [2.45, 2.75) is 19.4 Å². The average molecular weight is 322 g/mol. The van der Waals surface area contributed by atoms with Gasteiger partial charge in [0.1, 0.15) is 6.61 Å². The van der Waals surface area contributed by atoms with Gasteiger partial charge in [0, 0.05) is 18.7 Å². The minimum absolute atomic E-state index is 0.0643. The minimum atomic E-state index is -3.19. The van der Waals surface area contributed by atoms with Crippen LogP contribution in [0.3, 0.4) is 0 Å². The van der Waals surface area contributed by atoms with E-state index in [1.807, 2.05) is 0 Å². The molecule has 0 bridgehead atoms. The van der Waals surface area contributed by atoms with Gasteiger partial charge in [-0.25, -0.2) is 12.7 Å². The molecule has 7 heteroatoms. The van der Waals surface area contributed by atoms with E-state index in [9.17, 15) is 13.2 Å². The summed E-state index contributed by atoms with van der Waals surface area (Å²) in [6.07, 6.45) is 2.10. The third kappa shape index (κ3) is 4.06. The molecular weight excluding hydrogens is 304 g/mol. The lowest BCUT2D eigenvalue weighted by Gasteiger charge is -2.28. The summed E-state index contributed by atoms with van der Waals surface area (Å²) in [7, 11) is -3.19. The van der Waals surface area contributed by atoms with E-state index in [-0.39, 0.29) is 18.5 Å². The van der Waals surface area contributed by atoms with Crippen molar-refractivity contribution in [3.05, 3.63) is 35.4 Å². The highest BCUT2D eigenvalue weighted by Gasteiger charge is 2.29. The first-order chi connectivity index (χ1) is 10.4. The molecule has 1 saturated heterocycles. The molecule has 0 unspecified atom stereocenters. The summed E-state index contributed by atoms with van der Waals surface area (Å²) in [5.41, 5.74) is 1.16. The number of hydrogen-bond donors (Lipinski definition) is 0. The zero-order valence-electron chi connectivity index (χ0n) is 12.4. The summed E-state index contributed by atoms with van der Waals surface area (Å²) in [6.45, 7) is 0.746. The third-order valence-electron chi connectivity index (χ3n) is 3.76. The summed E-state index contributed by atoms with van der Waals surface area (Å²) < 4.78 is 29.5. The Balaban J connectivity index is 1.88. The maximum Gasteiger partial charge on any atom is 0.309 e. The highest BCUT2D eigenvalue weighted by molar-refractivity contribution is 7.88. The van der Waals surface area contributed by atoms with Gasteiger partial charge >= 0.3 is 5.97 Å². The molecule has 0 aliphatic carbocycles. The van der Waals surface area contributed by atoms with Gasteiger partial charge in [-0.3, -0.25) is 4.79 Å². The van der Waals surface area contributed by atoms with Crippen LogP contribution in [-0.4, -0.2) is 38.0 Å². The fourth-order valence-corrected chi connectivity index (χ4v) is 3.32. The first-order valence-corrected chi connectivity index (χ1v) is 8.86. The van der Waals surface area contributed by atoms with Crippen LogP contribution in [-0.2, 0) is 26.2 Å². The van der Waals surface area contributed by atoms with Gasteiger partial charge in [-0.1, -0.05) is 18.2 Å². The molecule has 2 rings (SSSR count). The van der Waals surface area contributed by atoms with E-state index in [1.165, 1.54) is 10.6 Å². The lowest BCUT2D eigenvalue weighted by molar-refractivity contribution is -0.151. The number of nitrogens with zero attached hydrogens (tertiary/aromatic N) is 2. The zero-order valence-corrected chi connectivity index (χ0v) is 13.2. The number of esters is 1. The molecule has 118 valence electrons. The zero-order chi connectivity index (χ0) is 16.2. The monoisotopic (exact) mass is 322 g/mol. The van der Waals surface area contributed by atoms with Crippen LogP contribution in [0.25, 0.3) is 0 Å². The Morgan fingerprint density at radius 1 is 1.36 bits per heavy atom. The predicted molar refractivity (Wildman–Crippen MR) is 80.1 cm³/mol. The number of nitriles is 1. The molecule has 1 aromatic rings. The number of ether oxygens (including phenoxy) is 1. The maximum absolute atomic E-state index is 12.1. The number of benzene rings is 1. The molecule has 6 nitrogen and oxygen atoms in total. The van der Waals surface area contributed by atoms with Crippen LogP contribution < -0.4 is 0 Å². The Morgan fingerprint density at radius 2 is 2.00 bits per heavy atom. The third-order valence-corrected chi connectivity index (χ3v) is 5.07. The molecule has 0 spiro atoms. The smallest absolute Gasteiger partial charge is 0.309 e. The highest BCUT2D eigenvalue weighted by Crippen LogP contribution is 2.21. The van der Waals surface area contributed by atoms with Gasteiger partial charge in [0.2, 0.25) is 10.0 Å². The molecule has 1 aliphatic rings. The largest absolute Gasteiger partial charge is 0.461 e. The molecule has 1 heterocycles. The lowest BCUT2D eigenvalue weighted by atomic mass is 9.98. The van der Waals surface area contributed by atoms with Crippen molar-refractivity contribution in [1.29, 1.82) is 5.26 Å². The van der Waals surface area contributed by atoms with E-state index in [4.69, 9.17) is 10.00 Å². The van der Waals surface area contributed by atoms with Gasteiger partial charge in [0.25, 0.3) is 0 Å². The standard InChI is InChI=1S/C15H18N2O4S/c1-22(19,20)17-8-6-12(7-9-17)15(18)21-11-14-5-3-2-4-13(14)10-16/h2-5,12H,6-9,11H2,1H3. The van der Waals surface area contributed by atoms with Crippen molar-refractivity contribution in [2.75, 3.05) is 19.3 Å². The van der Waals surface area contributed by atoms with Crippen molar-refractivity contribution >= 4 is 16.0 Å². The Bertz CT molecular complexity index is 686. The normalized spacial score (nSPS) is 16.9. The van der Waals surface area contributed by atoms with Crippen molar-refractivity contribution in [3.63, 3.8) is 0 Å². The molecule has 1 fully saturated rings. The van der Waals surface area contributed by atoms with Crippen LogP contribution in [0.5, 0.6) is 0 Å². The molecule has 1 aromatic carbocycles. The SMILES string of the molecule is CS(=O)(=O)N1CCC(C(=O)OCc2ccccc2C#N)CC1. The van der Waals surface area contributed by atoms with Crippen molar-refractivity contribution in [1.82, 2.24) is 4.31 Å². The minimum Gasteiger partial charge on any atom is -0.461 e. The molecule has 0 saturated carbocycles. The Hall–Kier alpha value is -1.91. The second-order valence-electron chi connectivity index (χ2n) is 5.31. The number of carbonyl (C=O) groups excluding carboxylic acids is 1. The molecular formula is C15H18N2O4S. The van der Waals surface area contributed by atoms with E-state index in [0.717, 1.165) is 0 Å². The fraction of sp³-hybridized carbons (Fsp3) is 0.467. The molecule has 22 heavy (non-hydrogen) atoms. The predicted octanol–water partition coefficient (Wildman–Crippen LogP) is 1.27. The van der Waals surface area contributed by atoms with E-state index < -0.39 is 10.0 Å². The van der Waals surface area contributed by atoms with Crippen molar-refractivity contribution in [2.24, 2.45) is 5.92 Å². The van der Waals surface area contributed by atoms with Gasteiger partial charge in [0.15, 0.2) is 0 Å². The molecule has 0 amide bonds. The van der Waals surface area contributed by atoms with E-state index in [2.05, 4.69) is 6.07 Å². The van der Waals surface area contributed by atoms with E-state index >= 15 is 0 Å². The number of carbonyl (C=O) groups is 1. The molecule has 1 aliphatic heterocycles. The molecule has 0 N–H and O–H groups in total. The molecule has 0 atom stereocenters. The van der Waals surface area contributed by atoms with Gasteiger partial charge in [-0.2, -0.15) is 5.26 Å². The lowest BCUT2D eigenvalue weighted by Crippen LogP contribution is -2.40.